The molecule has 0 aromatic carbocycles. The third-order valence-corrected chi connectivity index (χ3v) is 5.83. The quantitative estimate of drug-likeness (QED) is 0.773. The van der Waals surface area contributed by atoms with Gasteiger partial charge in [0.1, 0.15) is 5.69 Å². The molecule has 5 rings (SSSR count). The lowest BCUT2D eigenvalue weighted by atomic mass is 9.95. The smallest absolute Gasteiger partial charge is 0.181 e. The molecule has 7 nitrogen and oxygen atoms in total. The van der Waals surface area contributed by atoms with Gasteiger partial charge in [0, 0.05) is 48.7 Å². The molecule has 140 valence electrons. The zero-order chi connectivity index (χ0) is 18.2. The van der Waals surface area contributed by atoms with Gasteiger partial charge in [0.2, 0.25) is 0 Å². The van der Waals surface area contributed by atoms with Crippen molar-refractivity contribution in [1.82, 2.24) is 34.8 Å². The molecule has 27 heavy (non-hydrogen) atoms. The van der Waals surface area contributed by atoms with Gasteiger partial charge in [0.25, 0.3) is 0 Å². The molecule has 1 fully saturated rings. The summed E-state index contributed by atoms with van der Waals surface area (Å²) in [7, 11) is 2.16. The van der Waals surface area contributed by atoms with Crippen molar-refractivity contribution in [2.45, 2.75) is 51.1 Å². The van der Waals surface area contributed by atoms with Gasteiger partial charge in [-0.1, -0.05) is 19.3 Å². The first kappa shape index (κ1) is 16.6. The number of hydrogen-bond acceptors (Lipinski definition) is 5. The third-order valence-electron chi connectivity index (χ3n) is 5.83. The number of nitrogens with one attached hydrogen (secondary N) is 1. The summed E-state index contributed by atoms with van der Waals surface area (Å²) in [6.45, 7) is 1.97. The second kappa shape index (κ2) is 6.88. The molecular weight excluding hydrogens is 338 g/mol. The van der Waals surface area contributed by atoms with Crippen LogP contribution in [0, 0.1) is 0 Å². The van der Waals surface area contributed by atoms with E-state index in [0.29, 0.717) is 6.04 Å². The molecule has 1 N–H and O–H groups in total. The molecule has 7 heteroatoms. The van der Waals surface area contributed by atoms with E-state index in [2.05, 4.69) is 31.8 Å². The lowest BCUT2D eigenvalue weighted by molar-refractivity contribution is 0.311. The number of aromatic amines is 1. The number of rotatable bonds is 3. The fraction of sp³-hybridized carbons (Fsp3) is 0.500. The molecule has 3 aromatic rings. The molecule has 0 spiro atoms. The van der Waals surface area contributed by atoms with Gasteiger partial charge in [0.05, 0.1) is 6.04 Å². The van der Waals surface area contributed by atoms with Gasteiger partial charge < -0.3 is 4.90 Å². The normalized spacial score (nSPS) is 18.6. The summed E-state index contributed by atoms with van der Waals surface area (Å²) in [6.07, 6.45) is 10.8. The minimum atomic E-state index is 0.408. The molecule has 0 bridgehead atoms. The van der Waals surface area contributed by atoms with Crippen LogP contribution < -0.4 is 0 Å². The Balaban J connectivity index is 1.62. The molecule has 0 atom stereocenters. The van der Waals surface area contributed by atoms with Crippen LogP contribution in [0.25, 0.3) is 22.9 Å². The molecule has 1 aliphatic heterocycles. The standard InChI is InChI=1S/C20H25N7/c1-26-12-9-17-16(13-26)18(24-23-17)20-22-19(14-7-10-21-11-8-14)25-27(20)15-5-3-2-4-6-15/h7-8,10-11,15H,2-6,9,12-13H2,1H3,(H,23,24). The van der Waals surface area contributed by atoms with E-state index in [9.17, 15) is 0 Å². The Kier molecular flexibility index (Phi) is 4.24. The second-order valence-electron chi connectivity index (χ2n) is 7.75. The fourth-order valence-corrected chi connectivity index (χ4v) is 4.30. The monoisotopic (exact) mass is 363 g/mol. The molecule has 1 saturated carbocycles. The zero-order valence-corrected chi connectivity index (χ0v) is 15.7. The molecule has 3 aromatic heterocycles. The summed E-state index contributed by atoms with van der Waals surface area (Å²) in [5, 5.41) is 12.9. The fourth-order valence-electron chi connectivity index (χ4n) is 4.30. The van der Waals surface area contributed by atoms with Crippen molar-refractivity contribution < 1.29 is 0 Å². The summed E-state index contributed by atoms with van der Waals surface area (Å²) >= 11 is 0. The van der Waals surface area contributed by atoms with Crippen LogP contribution in [0.5, 0.6) is 0 Å². The first-order valence-corrected chi connectivity index (χ1v) is 9.91. The van der Waals surface area contributed by atoms with Gasteiger partial charge in [-0.25, -0.2) is 9.67 Å². The van der Waals surface area contributed by atoms with E-state index in [-0.39, 0.29) is 0 Å². The van der Waals surface area contributed by atoms with Crippen molar-refractivity contribution in [1.29, 1.82) is 0 Å². The molecule has 0 radical (unpaired) electrons. The predicted molar refractivity (Wildman–Crippen MR) is 103 cm³/mol. The van der Waals surface area contributed by atoms with Crippen LogP contribution in [0.15, 0.2) is 24.5 Å². The van der Waals surface area contributed by atoms with Crippen LogP contribution in [-0.2, 0) is 13.0 Å². The number of hydrogen-bond donors (Lipinski definition) is 1. The number of likely N-dealkylation sites (N-methyl/N-ethyl adjacent to an activating group) is 1. The van der Waals surface area contributed by atoms with Crippen LogP contribution in [-0.4, -0.2) is 48.4 Å². The Hall–Kier alpha value is -2.54. The van der Waals surface area contributed by atoms with Gasteiger partial charge in [-0.15, -0.1) is 0 Å². The highest BCUT2D eigenvalue weighted by Crippen LogP contribution is 2.34. The number of fused-ring (bicyclic) bond motifs is 1. The van der Waals surface area contributed by atoms with Crippen LogP contribution in [0.1, 0.15) is 49.4 Å². The molecule has 0 amide bonds. The highest BCUT2D eigenvalue weighted by molar-refractivity contribution is 5.62. The van der Waals surface area contributed by atoms with Crippen molar-refractivity contribution in [3.05, 3.63) is 35.8 Å². The third kappa shape index (κ3) is 3.06. The molecular formula is C20H25N7. The number of H-pyrrole nitrogens is 1. The lowest BCUT2D eigenvalue weighted by Crippen LogP contribution is -2.26. The molecule has 0 unspecified atom stereocenters. The van der Waals surface area contributed by atoms with Crippen molar-refractivity contribution in [2.24, 2.45) is 0 Å². The van der Waals surface area contributed by atoms with Crippen LogP contribution in [0.2, 0.25) is 0 Å². The first-order chi connectivity index (χ1) is 13.3. The SMILES string of the molecule is CN1CCc2[nH]nc(-c3nc(-c4ccncc4)nn3C3CCCCC3)c2C1. The topological polar surface area (TPSA) is 75.5 Å². The summed E-state index contributed by atoms with van der Waals surface area (Å²) in [4.78, 5) is 11.4. The summed E-state index contributed by atoms with van der Waals surface area (Å²) in [5.74, 6) is 1.67. The average Bonchev–Trinajstić information content (AvgIpc) is 3.33. The van der Waals surface area contributed by atoms with Gasteiger partial charge in [-0.3, -0.25) is 10.1 Å². The minimum absolute atomic E-state index is 0.408. The van der Waals surface area contributed by atoms with Gasteiger partial charge in [-0.2, -0.15) is 10.2 Å². The number of pyridine rings is 1. The van der Waals surface area contributed by atoms with Crippen LogP contribution in [0.4, 0.5) is 0 Å². The predicted octanol–water partition coefficient (Wildman–Crippen LogP) is 3.22. The van der Waals surface area contributed by atoms with Crippen molar-refractivity contribution in [3.8, 4) is 22.9 Å². The zero-order valence-electron chi connectivity index (χ0n) is 15.7. The Morgan fingerprint density at radius 3 is 2.74 bits per heavy atom. The van der Waals surface area contributed by atoms with E-state index in [1.807, 2.05) is 12.1 Å². The number of nitrogens with zero attached hydrogens (tertiary/aromatic N) is 6. The molecule has 0 saturated heterocycles. The van der Waals surface area contributed by atoms with E-state index in [1.54, 1.807) is 12.4 Å². The maximum atomic E-state index is 4.95. The Morgan fingerprint density at radius 2 is 1.93 bits per heavy atom. The molecule has 2 aliphatic rings. The molecule has 1 aliphatic carbocycles. The van der Waals surface area contributed by atoms with Crippen molar-refractivity contribution in [2.75, 3.05) is 13.6 Å². The Morgan fingerprint density at radius 1 is 1.11 bits per heavy atom. The van der Waals surface area contributed by atoms with E-state index < -0.39 is 0 Å². The van der Waals surface area contributed by atoms with Gasteiger partial charge in [-0.05, 0) is 32.0 Å². The summed E-state index contributed by atoms with van der Waals surface area (Å²) in [6, 6.07) is 4.35. The maximum absolute atomic E-state index is 4.95. The van der Waals surface area contributed by atoms with E-state index in [4.69, 9.17) is 10.1 Å². The van der Waals surface area contributed by atoms with E-state index in [0.717, 1.165) is 42.4 Å². The lowest BCUT2D eigenvalue weighted by Gasteiger charge is -2.24. The van der Waals surface area contributed by atoms with Crippen LogP contribution in [0.3, 0.4) is 0 Å². The van der Waals surface area contributed by atoms with E-state index >= 15 is 0 Å². The minimum Gasteiger partial charge on any atom is -0.302 e. The highest BCUT2D eigenvalue weighted by Gasteiger charge is 2.28. The maximum Gasteiger partial charge on any atom is 0.181 e. The average molecular weight is 363 g/mol. The summed E-state index contributed by atoms with van der Waals surface area (Å²) in [5.41, 5.74) is 4.48. The van der Waals surface area contributed by atoms with Gasteiger partial charge in [0.15, 0.2) is 11.6 Å². The second-order valence-corrected chi connectivity index (χ2v) is 7.75. The van der Waals surface area contributed by atoms with Crippen LogP contribution >= 0.6 is 0 Å². The van der Waals surface area contributed by atoms with Crippen molar-refractivity contribution >= 4 is 0 Å². The largest absolute Gasteiger partial charge is 0.302 e. The Bertz CT molecular complexity index is 921. The Labute approximate surface area is 158 Å². The molecule has 4 heterocycles. The van der Waals surface area contributed by atoms with E-state index in [1.165, 1.54) is 43.4 Å². The van der Waals surface area contributed by atoms with Crippen molar-refractivity contribution in [3.63, 3.8) is 0 Å². The van der Waals surface area contributed by atoms with Gasteiger partial charge >= 0.3 is 0 Å². The first-order valence-electron chi connectivity index (χ1n) is 9.91. The highest BCUT2D eigenvalue weighted by atomic mass is 15.4. The number of aromatic nitrogens is 6. The summed E-state index contributed by atoms with van der Waals surface area (Å²) < 4.78 is 2.15.